The van der Waals surface area contributed by atoms with Gasteiger partial charge in [-0.05, 0) is 6.08 Å². The average Bonchev–Trinajstić information content (AvgIpc) is 2.04. The standard InChI is InChI=1S/C7H6N4O/c8-7-10-5-3-9-2-1-4(5)6(12)11-7/h1-4H,(H2,8,11,12). The molecule has 1 atom stereocenters. The minimum Gasteiger partial charge on any atom is -0.368 e. The predicted molar refractivity (Wildman–Crippen MR) is 45.2 cm³/mol. The number of amides is 1. The minimum atomic E-state index is -0.380. The summed E-state index contributed by atoms with van der Waals surface area (Å²) in [6.45, 7) is 0. The van der Waals surface area contributed by atoms with Gasteiger partial charge >= 0.3 is 0 Å². The van der Waals surface area contributed by atoms with Crippen LogP contribution in [0.1, 0.15) is 0 Å². The van der Waals surface area contributed by atoms with Gasteiger partial charge in [-0.15, -0.1) is 0 Å². The summed E-state index contributed by atoms with van der Waals surface area (Å²) in [5, 5.41) is 0. The molecule has 0 radical (unpaired) electrons. The Kier molecular flexibility index (Phi) is 1.36. The number of carbonyl (C=O) groups excluding carboxylic acids is 1. The largest absolute Gasteiger partial charge is 0.368 e. The van der Waals surface area contributed by atoms with Crippen molar-refractivity contribution in [2.24, 2.45) is 26.6 Å². The van der Waals surface area contributed by atoms with Crippen molar-refractivity contribution in [1.82, 2.24) is 0 Å². The van der Waals surface area contributed by atoms with Crippen molar-refractivity contribution in [3.8, 4) is 0 Å². The summed E-state index contributed by atoms with van der Waals surface area (Å²) in [5.41, 5.74) is 5.85. The highest BCUT2D eigenvalue weighted by molar-refractivity contribution is 6.40. The predicted octanol–water partition coefficient (Wildman–Crippen LogP) is -0.503. The van der Waals surface area contributed by atoms with Crippen molar-refractivity contribution >= 4 is 23.8 Å². The van der Waals surface area contributed by atoms with E-state index in [-0.39, 0.29) is 17.8 Å². The second-order valence-electron chi connectivity index (χ2n) is 2.44. The molecule has 2 aliphatic rings. The van der Waals surface area contributed by atoms with Crippen molar-refractivity contribution in [1.29, 1.82) is 0 Å². The van der Waals surface area contributed by atoms with E-state index >= 15 is 0 Å². The monoisotopic (exact) mass is 162 g/mol. The van der Waals surface area contributed by atoms with E-state index in [2.05, 4.69) is 15.0 Å². The molecule has 0 aromatic heterocycles. The van der Waals surface area contributed by atoms with Gasteiger partial charge in [0.25, 0.3) is 5.91 Å². The topological polar surface area (TPSA) is 80.2 Å². The first kappa shape index (κ1) is 6.90. The maximum atomic E-state index is 11.2. The smallest absolute Gasteiger partial charge is 0.262 e. The lowest BCUT2D eigenvalue weighted by atomic mass is 10.0. The van der Waals surface area contributed by atoms with E-state index < -0.39 is 0 Å². The Morgan fingerprint density at radius 3 is 3.08 bits per heavy atom. The van der Waals surface area contributed by atoms with E-state index in [1.54, 1.807) is 12.3 Å². The number of guanidine groups is 1. The first-order valence-corrected chi connectivity index (χ1v) is 3.44. The molecule has 0 aliphatic carbocycles. The Hall–Kier alpha value is -1.78. The number of aliphatic imine (C=N–C) groups is 3. The minimum absolute atomic E-state index is 0.00741. The number of carbonyl (C=O) groups is 1. The van der Waals surface area contributed by atoms with Crippen LogP contribution in [0.3, 0.4) is 0 Å². The van der Waals surface area contributed by atoms with Gasteiger partial charge < -0.3 is 5.73 Å². The van der Waals surface area contributed by atoms with Crippen LogP contribution in [-0.2, 0) is 4.79 Å². The molecule has 2 heterocycles. The van der Waals surface area contributed by atoms with Crippen molar-refractivity contribution in [3.63, 3.8) is 0 Å². The summed E-state index contributed by atoms with van der Waals surface area (Å²) < 4.78 is 0. The van der Waals surface area contributed by atoms with E-state index in [9.17, 15) is 4.79 Å². The number of fused-ring (bicyclic) bond motifs is 1. The summed E-state index contributed by atoms with van der Waals surface area (Å²) in [4.78, 5) is 22.4. The van der Waals surface area contributed by atoms with Crippen LogP contribution in [0.2, 0.25) is 0 Å². The average molecular weight is 162 g/mol. The molecule has 0 spiro atoms. The van der Waals surface area contributed by atoms with Gasteiger partial charge in [0.1, 0.15) is 5.92 Å². The van der Waals surface area contributed by atoms with Crippen LogP contribution in [0, 0.1) is 5.92 Å². The van der Waals surface area contributed by atoms with Gasteiger partial charge in [0, 0.05) is 12.4 Å². The van der Waals surface area contributed by atoms with Crippen LogP contribution in [0.4, 0.5) is 0 Å². The molecule has 0 fully saturated rings. The number of nitrogens with zero attached hydrogens (tertiary/aromatic N) is 3. The fraction of sp³-hybridized carbons (Fsp3) is 0.143. The maximum absolute atomic E-state index is 11.2. The third kappa shape index (κ3) is 0.952. The highest BCUT2D eigenvalue weighted by Crippen LogP contribution is 2.12. The molecule has 1 amide bonds. The molecule has 5 nitrogen and oxygen atoms in total. The number of rotatable bonds is 0. The molecule has 2 aliphatic heterocycles. The Balaban J connectivity index is 2.45. The molecule has 2 N–H and O–H groups in total. The molecular formula is C7H6N4O. The molecule has 0 aromatic rings. The van der Waals surface area contributed by atoms with Crippen LogP contribution in [-0.4, -0.2) is 23.8 Å². The van der Waals surface area contributed by atoms with Crippen LogP contribution in [0.25, 0.3) is 0 Å². The first-order valence-electron chi connectivity index (χ1n) is 3.44. The summed E-state index contributed by atoms with van der Waals surface area (Å²) in [6, 6.07) is 0. The summed E-state index contributed by atoms with van der Waals surface area (Å²) in [6.07, 6.45) is 4.72. The van der Waals surface area contributed by atoms with E-state index in [1.165, 1.54) is 6.21 Å². The molecule has 12 heavy (non-hydrogen) atoms. The Morgan fingerprint density at radius 2 is 2.25 bits per heavy atom. The van der Waals surface area contributed by atoms with Gasteiger partial charge in [-0.3, -0.25) is 9.79 Å². The molecule has 0 aromatic carbocycles. The van der Waals surface area contributed by atoms with Gasteiger partial charge in [-0.2, -0.15) is 4.99 Å². The quantitative estimate of drug-likeness (QED) is 0.520. The molecule has 0 saturated carbocycles. The molecule has 2 rings (SSSR count). The lowest BCUT2D eigenvalue weighted by molar-refractivity contribution is -0.118. The van der Waals surface area contributed by atoms with Crippen LogP contribution in [0.15, 0.2) is 27.3 Å². The zero-order chi connectivity index (χ0) is 8.55. The zero-order valence-corrected chi connectivity index (χ0v) is 6.14. The Morgan fingerprint density at radius 1 is 1.42 bits per heavy atom. The highest BCUT2D eigenvalue weighted by Gasteiger charge is 2.25. The Labute approximate surface area is 68.4 Å². The van der Waals surface area contributed by atoms with Crippen molar-refractivity contribution in [2.45, 2.75) is 0 Å². The van der Waals surface area contributed by atoms with Gasteiger partial charge in [0.15, 0.2) is 0 Å². The molecule has 0 saturated heterocycles. The molecule has 0 bridgehead atoms. The van der Waals surface area contributed by atoms with Crippen LogP contribution < -0.4 is 5.73 Å². The fourth-order valence-electron chi connectivity index (χ4n) is 1.08. The van der Waals surface area contributed by atoms with Gasteiger partial charge in [-0.1, -0.05) is 0 Å². The summed E-state index contributed by atoms with van der Waals surface area (Å²) in [5.74, 6) is -0.650. The third-order valence-corrected chi connectivity index (χ3v) is 1.62. The van der Waals surface area contributed by atoms with Crippen LogP contribution >= 0.6 is 0 Å². The van der Waals surface area contributed by atoms with Gasteiger partial charge in [0.05, 0.1) is 5.71 Å². The number of hydrogen-bond acceptors (Lipinski definition) is 4. The molecule has 5 heteroatoms. The van der Waals surface area contributed by atoms with Crippen LogP contribution in [0.5, 0.6) is 0 Å². The fourth-order valence-corrected chi connectivity index (χ4v) is 1.08. The molecule has 60 valence electrons. The second-order valence-corrected chi connectivity index (χ2v) is 2.44. The van der Waals surface area contributed by atoms with Crippen molar-refractivity contribution < 1.29 is 4.79 Å². The van der Waals surface area contributed by atoms with Gasteiger partial charge in [-0.25, -0.2) is 4.99 Å². The summed E-state index contributed by atoms with van der Waals surface area (Å²) in [7, 11) is 0. The van der Waals surface area contributed by atoms with Gasteiger partial charge in [0.2, 0.25) is 5.96 Å². The Bertz CT molecular complexity index is 350. The van der Waals surface area contributed by atoms with E-state index in [4.69, 9.17) is 5.73 Å². The van der Waals surface area contributed by atoms with E-state index in [1.807, 2.05) is 0 Å². The normalized spacial score (nSPS) is 26.3. The SMILES string of the molecule is NC1=NC(=O)C2C=CN=CC2=N1. The third-order valence-electron chi connectivity index (χ3n) is 1.62. The zero-order valence-electron chi connectivity index (χ0n) is 6.14. The molecular weight excluding hydrogens is 156 g/mol. The second kappa shape index (κ2) is 2.37. The highest BCUT2D eigenvalue weighted by atomic mass is 16.1. The number of nitrogens with two attached hydrogens (primary N) is 1. The lowest BCUT2D eigenvalue weighted by Crippen LogP contribution is -2.31. The van der Waals surface area contributed by atoms with E-state index in [0.29, 0.717) is 5.71 Å². The molecule has 1 unspecified atom stereocenters. The summed E-state index contributed by atoms with van der Waals surface area (Å²) >= 11 is 0. The van der Waals surface area contributed by atoms with Crippen molar-refractivity contribution in [2.75, 3.05) is 0 Å². The van der Waals surface area contributed by atoms with E-state index in [0.717, 1.165) is 0 Å². The lowest BCUT2D eigenvalue weighted by Gasteiger charge is -2.14. The maximum Gasteiger partial charge on any atom is 0.262 e. The van der Waals surface area contributed by atoms with Crippen molar-refractivity contribution in [3.05, 3.63) is 12.3 Å². The first-order chi connectivity index (χ1) is 5.77. The number of hydrogen-bond donors (Lipinski definition) is 1.